The second-order valence-electron chi connectivity index (χ2n) is 3.72. The van der Waals surface area contributed by atoms with Crippen LogP contribution in [0.2, 0.25) is 0 Å². The van der Waals surface area contributed by atoms with E-state index in [0.29, 0.717) is 11.1 Å². The van der Waals surface area contributed by atoms with E-state index in [9.17, 15) is 9.59 Å². The first-order valence-corrected chi connectivity index (χ1v) is 4.97. The van der Waals surface area contributed by atoms with Gasteiger partial charge in [-0.25, -0.2) is 0 Å². The molecule has 3 heteroatoms. The average Bonchev–Trinajstić information content (AvgIpc) is 2.88. The van der Waals surface area contributed by atoms with E-state index in [2.05, 4.69) is 5.32 Å². The van der Waals surface area contributed by atoms with Gasteiger partial charge in [0, 0.05) is 5.92 Å². The Morgan fingerprint density at radius 2 is 1.56 bits per heavy atom. The van der Waals surface area contributed by atoms with Crippen molar-refractivity contribution in [2.24, 2.45) is 0 Å². The van der Waals surface area contributed by atoms with Gasteiger partial charge in [0.15, 0.2) is 0 Å². The fourth-order valence-corrected chi connectivity index (χ4v) is 1.91. The van der Waals surface area contributed by atoms with Crippen molar-refractivity contribution in [2.45, 2.75) is 0 Å². The summed E-state index contributed by atoms with van der Waals surface area (Å²) in [6.07, 6.45) is 7.81. The van der Waals surface area contributed by atoms with Crippen LogP contribution in [0.15, 0.2) is 18.2 Å². The number of fused-ring (bicyclic) bond motifs is 1. The van der Waals surface area contributed by atoms with E-state index in [-0.39, 0.29) is 11.8 Å². The van der Waals surface area contributed by atoms with Crippen LogP contribution in [0.4, 0.5) is 0 Å². The lowest BCUT2D eigenvalue weighted by atomic mass is 9.94. The molecule has 0 unspecified atom stereocenters. The molecule has 0 bridgehead atoms. The Morgan fingerprint density at radius 3 is 2.31 bits per heavy atom. The molecular weight excluding hydrogens is 202 g/mol. The van der Waals surface area contributed by atoms with Gasteiger partial charge in [0.05, 0.1) is 11.1 Å². The number of carbonyl (C=O) groups is 2. The van der Waals surface area contributed by atoms with Gasteiger partial charge in [-0.2, -0.15) is 0 Å². The Bertz CT molecular complexity index is 473. The lowest BCUT2D eigenvalue weighted by Crippen LogP contribution is -2.19. The van der Waals surface area contributed by atoms with Gasteiger partial charge in [-0.05, 0) is 43.4 Å². The van der Waals surface area contributed by atoms with Crippen LogP contribution in [0, 0.1) is 31.6 Å². The van der Waals surface area contributed by atoms with Crippen LogP contribution in [-0.2, 0) is 0 Å². The van der Waals surface area contributed by atoms with Gasteiger partial charge in [0.2, 0.25) is 0 Å². The second-order valence-corrected chi connectivity index (χ2v) is 3.72. The lowest BCUT2D eigenvalue weighted by molar-refractivity contribution is 0.0879. The molecule has 0 atom stereocenters. The van der Waals surface area contributed by atoms with Gasteiger partial charge in [-0.15, -0.1) is 0 Å². The summed E-state index contributed by atoms with van der Waals surface area (Å²) < 4.78 is 0. The number of rotatable bonds is 1. The van der Waals surface area contributed by atoms with Crippen LogP contribution < -0.4 is 5.32 Å². The summed E-state index contributed by atoms with van der Waals surface area (Å²) in [4.78, 5) is 22.8. The van der Waals surface area contributed by atoms with Gasteiger partial charge in [-0.1, -0.05) is 6.07 Å². The predicted octanol–water partition coefficient (Wildman–Crippen LogP) is 1.32. The normalized spacial score (nSPS) is 20.0. The largest absolute Gasteiger partial charge is 0.288 e. The molecule has 2 aliphatic rings. The minimum atomic E-state index is -0.312. The maximum absolute atomic E-state index is 11.5. The zero-order chi connectivity index (χ0) is 11.1. The van der Waals surface area contributed by atoms with Gasteiger partial charge < -0.3 is 0 Å². The number of benzene rings is 1. The smallest absolute Gasteiger partial charge is 0.258 e. The van der Waals surface area contributed by atoms with Crippen LogP contribution >= 0.6 is 0 Å². The lowest BCUT2D eigenvalue weighted by Gasteiger charge is -2.08. The van der Waals surface area contributed by atoms with E-state index in [4.69, 9.17) is 0 Å². The molecule has 0 aromatic heterocycles. The van der Waals surface area contributed by atoms with Crippen LogP contribution in [0.5, 0.6) is 0 Å². The highest BCUT2D eigenvalue weighted by Gasteiger charge is 2.28. The quantitative estimate of drug-likeness (QED) is 0.710. The minimum Gasteiger partial charge on any atom is -0.288 e. The summed E-state index contributed by atoms with van der Waals surface area (Å²) in [6, 6.07) is 5.30. The molecule has 1 fully saturated rings. The van der Waals surface area contributed by atoms with E-state index < -0.39 is 0 Å². The zero-order valence-electron chi connectivity index (χ0n) is 8.36. The number of amides is 2. The summed E-state index contributed by atoms with van der Waals surface area (Å²) in [5.41, 5.74) is 1.87. The van der Waals surface area contributed by atoms with Crippen molar-refractivity contribution >= 4 is 11.8 Å². The van der Waals surface area contributed by atoms with Crippen molar-refractivity contribution in [3.8, 4) is 0 Å². The zero-order valence-corrected chi connectivity index (χ0v) is 8.36. The summed E-state index contributed by atoms with van der Waals surface area (Å²) in [6.45, 7) is 0. The van der Waals surface area contributed by atoms with E-state index in [0.717, 1.165) is 11.5 Å². The number of hydrogen-bond donors (Lipinski definition) is 1. The van der Waals surface area contributed by atoms with Crippen molar-refractivity contribution in [2.75, 3.05) is 0 Å². The SMILES string of the molecule is O=C1NC(=O)c2cc([C]3[CH][CH][CH][CH]3)ccc21. The molecule has 3 rings (SSSR count). The third kappa shape index (κ3) is 1.35. The number of imide groups is 1. The van der Waals surface area contributed by atoms with Crippen LogP contribution in [-0.4, -0.2) is 11.8 Å². The van der Waals surface area contributed by atoms with Crippen molar-refractivity contribution in [1.29, 1.82) is 0 Å². The molecule has 1 heterocycles. The maximum atomic E-state index is 11.5. The highest BCUT2D eigenvalue weighted by Crippen LogP contribution is 2.31. The Kier molecular flexibility index (Phi) is 2.06. The molecule has 1 aliphatic heterocycles. The maximum Gasteiger partial charge on any atom is 0.258 e. The Balaban J connectivity index is 2.02. The highest BCUT2D eigenvalue weighted by molar-refractivity contribution is 6.21. The molecule has 1 N–H and O–H groups in total. The third-order valence-electron chi connectivity index (χ3n) is 2.73. The van der Waals surface area contributed by atoms with E-state index in [1.807, 2.05) is 31.7 Å². The number of carbonyl (C=O) groups excluding carboxylic acids is 2. The van der Waals surface area contributed by atoms with Crippen LogP contribution in [0.1, 0.15) is 26.3 Å². The van der Waals surface area contributed by atoms with Gasteiger partial charge >= 0.3 is 0 Å². The Labute approximate surface area is 93.8 Å². The molecule has 1 saturated carbocycles. The number of hydrogen-bond acceptors (Lipinski definition) is 2. The fraction of sp³-hybridized carbons (Fsp3) is 0. The Hall–Kier alpha value is -1.64. The molecule has 1 aliphatic carbocycles. The summed E-state index contributed by atoms with van der Waals surface area (Å²) in [5, 5.41) is 2.28. The van der Waals surface area contributed by atoms with E-state index in [1.54, 1.807) is 12.1 Å². The summed E-state index contributed by atoms with van der Waals surface area (Å²) in [7, 11) is 0. The van der Waals surface area contributed by atoms with Crippen LogP contribution in [0.25, 0.3) is 0 Å². The molecule has 5 radical (unpaired) electrons. The molecule has 0 saturated heterocycles. The highest BCUT2D eigenvalue weighted by atomic mass is 16.2. The second kappa shape index (κ2) is 3.44. The predicted molar refractivity (Wildman–Crippen MR) is 57.8 cm³/mol. The summed E-state index contributed by atoms with van der Waals surface area (Å²) in [5.74, 6) is 0.428. The van der Waals surface area contributed by atoms with Gasteiger partial charge in [0.1, 0.15) is 0 Å². The molecule has 77 valence electrons. The van der Waals surface area contributed by atoms with E-state index in [1.165, 1.54) is 0 Å². The van der Waals surface area contributed by atoms with Crippen molar-refractivity contribution in [3.63, 3.8) is 0 Å². The first-order chi connectivity index (χ1) is 7.75. The average molecular weight is 210 g/mol. The molecule has 0 spiro atoms. The molecule has 1 aromatic rings. The standard InChI is InChI=1S/C13H8NO2/c15-12-10-6-5-9(8-3-1-2-4-8)7-11(10)13(16)14-12/h1-7H,(H,14,15,16). The van der Waals surface area contributed by atoms with Crippen LogP contribution in [0.3, 0.4) is 0 Å². The van der Waals surface area contributed by atoms with Crippen molar-refractivity contribution in [3.05, 3.63) is 66.5 Å². The molecule has 1 aromatic carbocycles. The molecule has 16 heavy (non-hydrogen) atoms. The monoisotopic (exact) mass is 210 g/mol. The van der Waals surface area contributed by atoms with Crippen molar-refractivity contribution < 1.29 is 9.59 Å². The molecule has 2 amide bonds. The Morgan fingerprint density at radius 1 is 0.875 bits per heavy atom. The fourth-order valence-electron chi connectivity index (χ4n) is 1.91. The molecular formula is C13H8NO2. The first-order valence-electron chi connectivity index (χ1n) is 4.97. The van der Waals surface area contributed by atoms with Gasteiger partial charge in [-0.3, -0.25) is 14.9 Å². The topological polar surface area (TPSA) is 46.2 Å². The third-order valence-corrected chi connectivity index (χ3v) is 2.73. The molecule has 3 nitrogen and oxygen atoms in total. The first kappa shape index (κ1) is 9.58. The van der Waals surface area contributed by atoms with E-state index >= 15 is 0 Å². The van der Waals surface area contributed by atoms with Crippen molar-refractivity contribution in [1.82, 2.24) is 5.32 Å². The minimum absolute atomic E-state index is 0.311. The number of nitrogens with one attached hydrogen (secondary N) is 1. The summed E-state index contributed by atoms with van der Waals surface area (Å²) >= 11 is 0. The van der Waals surface area contributed by atoms with Gasteiger partial charge in [0.25, 0.3) is 11.8 Å².